The van der Waals surface area contributed by atoms with Gasteiger partial charge in [-0.2, -0.15) is 0 Å². The average molecular weight is 475 g/mol. The quantitative estimate of drug-likeness (QED) is 0.215. The highest BCUT2D eigenvalue weighted by Crippen LogP contribution is 2.62. The molecule has 4 fully saturated rings. The third-order valence-electron chi connectivity index (χ3n) is 8.55. The summed E-state index contributed by atoms with van der Waals surface area (Å²) in [6.07, 6.45) is 13.2. The molecule has 4 bridgehead atoms. The number of esters is 1. The van der Waals surface area contributed by atoms with Gasteiger partial charge in [0.15, 0.2) is 0 Å². The van der Waals surface area contributed by atoms with E-state index in [0.717, 1.165) is 60.3 Å². The van der Waals surface area contributed by atoms with Crippen molar-refractivity contribution in [3.8, 4) is 16.9 Å². The van der Waals surface area contributed by atoms with Crippen molar-refractivity contribution in [2.75, 3.05) is 13.2 Å². The second-order valence-corrected chi connectivity index (χ2v) is 11.0. The lowest BCUT2D eigenvalue weighted by molar-refractivity contribution is -0.00639. The number of hydrogen-bond acceptors (Lipinski definition) is 4. The van der Waals surface area contributed by atoms with E-state index in [2.05, 4.69) is 24.8 Å². The molecule has 35 heavy (non-hydrogen) atoms. The van der Waals surface area contributed by atoms with E-state index < -0.39 is 5.97 Å². The molecule has 4 heteroatoms. The molecule has 0 spiro atoms. The van der Waals surface area contributed by atoms with Crippen LogP contribution >= 0.6 is 0 Å². The summed E-state index contributed by atoms with van der Waals surface area (Å²) in [5.41, 5.74) is 3.97. The highest BCUT2D eigenvalue weighted by atomic mass is 16.5. The normalized spacial score (nSPS) is 26.5. The van der Waals surface area contributed by atoms with Crippen molar-refractivity contribution in [3.05, 3.63) is 66.4 Å². The number of aliphatic hydroxyl groups excluding tert-OH is 1. The molecular formula is C31H38O4. The van der Waals surface area contributed by atoms with Crippen LogP contribution in [0.15, 0.2) is 55.3 Å². The fraction of sp³-hybridized carbons (Fsp3) is 0.516. The molecule has 0 aliphatic heterocycles. The van der Waals surface area contributed by atoms with Crippen molar-refractivity contribution in [2.24, 2.45) is 17.8 Å². The van der Waals surface area contributed by atoms with Gasteiger partial charge in [0.25, 0.3) is 0 Å². The van der Waals surface area contributed by atoms with Crippen LogP contribution in [0.25, 0.3) is 11.1 Å². The molecule has 0 heterocycles. The maximum Gasteiger partial charge on any atom is 0.343 e. The van der Waals surface area contributed by atoms with Crippen molar-refractivity contribution in [1.29, 1.82) is 0 Å². The van der Waals surface area contributed by atoms with Gasteiger partial charge < -0.3 is 14.6 Å². The van der Waals surface area contributed by atoms with Crippen molar-refractivity contribution >= 4 is 5.97 Å². The predicted octanol–water partition coefficient (Wildman–Crippen LogP) is 7.05. The number of ether oxygens (including phenoxy) is 2. The van der Waals surface area contributed by atoms with Crippen LogP contribution in [0.3, 0.4) is 0 Å². The zero-order valence-corrected chi connectivity index (χ0v) is 20.7. The second-order valence-electron chi connectivity index (χ2n) is 11.0. The number of carbonyl (C=O) groups is 1. The summed E-state index contributed by atoms with van der Waals surface area (Å²) in [4.78, 5) is 12.6. The van der Waals surface area contributed by atoms with Gasteiger partial charge in [0.2, 0.25) is 0 Å². The summed E-state index contributed by atoms with van der Waals surface area (Å²) in [6, 6.07) is 14.2. The monoisotopic (exact) mass is 474 g/mol. The molecule has 0 aromatic heterocycles. The third-order valence-corrected chi connectivity index (χ3v) is 8.55. The van der Waals surface area contributed by atoms with E-state index in [-0.39, 0.29) is 12.0 Å². The molecule has 4 aliphatic carbocycles. The van der Waals surface area contributed by atoms with Crippen molar-refractivity contribution in [2.45, 2.75) is 69.6 Å². The molecule has 2 aromatic carbocycles. The Morgan fingerprint density at radius 3 is 2.34 bits per heavy atom. The number of benzene rings is 2. The lowest BCUT2D eigenvalue weighted by Gasteiger charge is -2.57. The molecule has 0 radical (unpaired) electrons. The first-order chi connectivity index (χ1) is 17.1. The highest BCUT2D eigenvalue weighted by molar-refractivity contribution is 5.97. The maximum absolute atomic E-state index is 12.6. The Labute approximate surface area is 209 Å². The lowest BCUT2D eigenvalue weighted by atomic mass is 9.48. The summed E-state index contributed by atoms with van der Waals surface area (Å²) < 4.78 is 11.6. The second kappa shape index (κ2) is 10.6. The fourth-order valence-electron chi connectivity index (χ4n) is 7.49. The number of hydrogen-bond donors (Lipinski definition) is 1. The standard InChI is InChI=1S/C31H38O4/c1-2-34-30(33)27-10-6-5-9-26(27)25-11-12-28(29(18-25)35-14-8-4-3-7-13-32)31-19-22-15-23(20-31)17-24(16-22)21-31/h2,5-6,9-12,18,22-24,32H,1,3-4,7-8,13-17,19-21H2. The van der Waals surface area contributed by atoms with Gasteiger partial charge in [-0.15, -0.1) is 0 Å². The Morgan fingerprint density at radius 1 is 0.971 bits per heavy atom. The van der Waals surface area contributed by atoms with Gasteiger partial charge in [-0.3, -0.25) is 0 Å². The minimum absolute atomic E-state index is 0.237. The summed E-state index contributed by atoms with van der Waals surface area (Å²) in [5, 5.41) is 9.05. The van der Waals surface area contributed by atoms with E-state index in [1.165, 1.54) is 50.4 Å². The third kappa shape index (κ3) is 5.04. The molecule has 6 rings (SSSR count). The van der Waals surface area contributed by atoms with E-state index in [9.17, 15) is 4.79 Å². The summed E-state index contributed by atoms with van der Waals surface area (Å²) in [7, 11) is 0. The van der Waals surface area contributed by atoms with Gasteiger partial charge in [-0.25, -0.2) is 4.79 Å². The molecule has 4 aliphatic rings. The summed E-state index contributed by atoms with van der Waals surface area (Å²) in [5.74, 6) is 3.18. The molecule has 0 saturated heterocycles. The van der Waals surface area contributed by atoms with Crippen LogP contribution < -0.4 is 4.74 Å². The number of unbranched alkanes of at least 4 members (excludes halogenated alkanes) is 3. The Bertz CT molecular complexity index is 1020. The van der Waals surface area contributed by atoms with Crippen LogP contribution in [0.2, 0.25) is 0 Å². The predicted molar refractivity (Wildman–Crippen MR) is 138 cm³/mol. The van der Waals surface area contributed by atoms with E-state index in [0.29, 0.717) is 12.2 Å². The number of carbonyl (C=O) groups excluding carboxylic acids is 1. The number of aliphatic hydroxyl groups is 1. The van der Waals surface area contributed by atoms with Crippen LogP contribution in [-0.4, -0.2) is 24.3 Å². The largest absolute Gasteiger partial charge is 0.493 e. The lowest BCUT2D eigenvalue weighted by Crippen LogP contribution is -2.48. The molecule has 0 unspecified atom stereocenters. The fourth-order valence-corrected chi connectivity index (χ4v) is 7.49. The molecule has 2 aromatic rings. The van der Waals surface area contributed by atoms with Crippen LogP contribution in [0.1, 0.15) is 80.1 Å². The average Bonchev–Trinajstić information content (AvgIpc) is 2.85. The van der Waals surface area contributed by atoms with E-state index >= 15 is 0 Å². The molecule has 1 N–H and O–H groups in total. The molecule has 0 amide bonds. The smallest absolute Gasteiger partial charge is 0.343 e. The van der Waals surface area contributed by atoms with E-state index in [4.69, 9.17) is 14.6 Å². The first-order valence-corrected chi connectivity index (χ1v) is 13.4. The van der Waals surface area contributed by atoms with Crippen LogP contribution in [0.4, 0.5) is 0 Å². The Kier molecular flexibility index (Phi) is 7.29. The molecule has 0 atom stereocenters. The summed E-state index contributed by atoms with van der Waals surface area (Å²) in [6.45, 7) is 4.46. The van der Waals surface area contributed by atoms with E-state index in [1.54, 1.807) is 6.07 Å². The molecule has 4 nitrogen and oxygen atoms in total. The van der Waals surface area contributed by atoms with E-state index in [1.807, 2.05) is 18.2 Å². The SMILES string of the molecule is C=COC(=O)c1ccccc1-c1ccc(C23CC4CC(CC(C4)C2)C3)c(OCCCCCCO)c1. The van der Waals surface area contributed by atoms with Gasteiger partial charge in [-0.05, 0) is 104 Å². The van der Waals surface area contributed by atoms with Crippen LogP contribution in [0, 0.1) is 17.8 Å². The van der Waals surface area contributed by atoms with Gasteiger partial charge in [-0.1, -0.05) is 43.3 Å². The van der Waals surface area contributed by atoms with Crippen molar-refractivity contribution < 1.29 is 19.4 Å². The van der Waals surface area contributed by atoms with Gasteiger partial charge in [0.05, 0.1) is 18.4 Å². The van der Waals surface area contributed by atoms with Gasteiger partial charge in [0.1, 0.15) is 5.75 Å². The maximum atomic E-state index is 12.6. The first-order valence-electron chi connectivity index (χ1n) is 13.4. The summed E-state index contributed by atoms with van der Waals surface area (Å²) >= 11 is 0. The Morgan fingerprint density at radius 2 is 1.66 bits per heavy atom. The van der Waals surface area contributed by atoms with Crippen molar-refractivity contribution in [3.63, 3.8) is 0 Å². The topological polar surface area (TPSA) is 55.8 Å². The minimum Gasteiger partial charge on any atom is -0.493 e. The first kappa shape index (κ1) is 24.1. The highest BCUT2D eigenvalue weighted by Gasteiger charge is 2.52. The minimum atomic E-state index is -0.396. The molecular weight excluding hydrogens is 436 g/mol. The zero-order chi connectivity index (χ0) is 24.3. The Hall–Kier alpha value is -2.59. The Balaban J connectivity index is 1.47. The van der Waals surface area contributed by atoms with Gasteiger partial charge >= 0.3 is 5.97 Å². The molecule has 4 saturated carbocycles. The zero-order valence-electron chi connectivity index (χ0n) is 20.7. The molecule has 186 valence electrons. The van der Waals surface area contributed by atoms with Crippen molar-refractivity contribution in [1.82, 2.24) is 0 Å². The van der Waals surface area contributed by atoms with Gasteiger partial charge in [0, 0.05) is 12.2 Å². The number of rotatable bonds is 11. The van der Waals surface area contributed by atoms with Crippen LogP contribution in [0.5, 0.6) is 5.75 Å². The van der Waals surface area contributed by atoms with Crippen LogP contribution in [-0.2, 0) is 10.2 Å².